The second-order valence-electron chi connectivity index (χ2n) is 6.42. The zero-order chi connectivity index (χ0) is 18.0. The van der Waals surface area contributed by atoms with Gasteiger partial charge >= 0.3 is 6.03 Å². The van der Waals surface area contributed by atoms with Crippen molar-refractivity contribution >= 4 is 17.6 Å². The first-order valence-corrected chi connectivity index (χ1v) is 8.35. The molecule has 2 heterocycles. The van der Waals surface area contributed by atoms with Crippen LogP contribution in [0.1, 0.15) is 24.1 Å². The molecule has 0 unspecified atom stereocenters. The van der Waals surface area contributed by atoms with E-state index in [4.69, 9.17) is 0 Å². The Hall–Kier alpha value is -2.83. The lowest BCUT2D eigenvalue weighted by Gasteiger charge is -2.34. The number of aromatic nitrogens is 2. The van der Waals surface area contributed by atoms with Gasteiger partial charge < -0.3 is 15.1 Å². The van der Waals surface area contributed by atoms with E-state index in [0.29, 0.717) is 13.1 Å². The molecule has 2 aromatic rings. The van der Waals surface area contributed by atoms with Crippen molar-refractivity contribution < 1.29 is 9.59 Å². The molecule has 0 bridgehead atoms. The van der Waals surface area contributed by atoms with Crippen LogP contribution in [0.25, 0.3) is 0 Å². The van der Waals surface area contributed by atoms with E-state index >= 15 is 0 Å². The maximum atomic E-state index is 12.5. The van der Waals surface area contributed by atoms with E-state index in [0.717, 1.165) is 11.3 Å². The number of benzene rings is 1. The van der Waals surface area contributed by atoms with Crippen LogP contribution in [0.2, 0.25) is 0 Å². The molecule has 1 saturated heterocycles. The van der Waals surface area contributed by atoms with Gasteiger partial charge in [0, 0.05) is 26.3 Å². The van der Waals surface area contributed by atoms with Crippen LogP contribution in [0.3, 0.4) is 0 Å². The second-order valence-corrected chi connectivity index (χ2v) is 6.42. The molecular formula is C18H23N5O2. The molecule has 7 heteroatoms. The molecule has 0 saturated carbocycles. The molecule has 132 valence electrons. The Balaban J connectivity index is 1.59. The topological polar surface area (TPSA) is 70.5 Å². The fourth-order valence-corrected chi connectivity index (χ4v) is 2.88. The quantitative estimate of drug-likeness (QED) is 0.926. The molecule has 7 nitrogen and oxygen atoms in total. The Morgan fingerprint density at radius 1 is 1.24 bits per heavy atom. The smallest absolute Gasteiger partial charge is 0.318 e. The van der Waals surface area contributed by atoms with Crippen molar-refractivity contribution in [2.45, 2.75) is 19.9 Å². The number of hydrogen-bond donors (Lipinski definition) is 1. The molecule has 1 N–H and O–H groups in total. The molecule has 0 spiro atoms. The lowest BCUT2D eigenvalue weighted by atomic mass is 10.1. The van der Waals surface area contributed by atoms with E-state index in [1.165, 1.54) is 5.56 Å². The Morgan fingerprint density at radius 3 is 2.56 bits per heavy atom. The number of amides is 3. The third-order valence-electron chi connectivity index (χ3n) is 4.43. The second kappa shape index (κ2) is 6.96. The standard InChI is InChI=1S/C18H23N5O2/c1-13-4-6-15(7-5-13)14(2)20-18(25)22-8-9-23(17(24)12-22)16-10-19-21(3)11-16/h4-7,10-11,14H,8-9,12H2,1-3H3,(H,20,25)/t14-/m1/s1. The number of nitrogens with zero attached hydrogens (tertiary/aromatic N) is 4. The summed E-state index contributed by atoms with van der Waals surface area (Å²) in [5.74, 6) is -0.0996. The molecule has 25 heavy (non-hydrogen) atoms. The van der Waals surface area contributed by atoms with Crippen molar-refractivity contribution in [3.63, 3.8) is 0 Å². The molecule has 1 atom stereocenters. The number of carbonyl (C=O) groups is 2. The number of rotatable bonds is 3. The van der Waals surface area contributed by atoms with Gasteiger partial charge in [0.25, 0.3) is 0 Å². The summed E-state index contributed by atoms with van der Waals surface area (Å²) in [6, 6.07) is 7.73. The average Bonchev–Trinajstić information content (AvgIpc) is 3.01. The maximum absolute atomic E-state index is 12.5. The van der Waals surface area contributed by atoms with Crippen LogP contribution in [0, 0.1) is 6.92 Å². The largest absolute Gasteiger partial charge is 0.331 e. The normalized spacial score (nSPS) is 16.0. The molecule has 0 radical (unpaired) electrons. The summed E-state index contributed by atoms with van der Waals surface area (Å²) in [6.45, 7) is 5.00. The molecule has 3 amide bonds. The van der Waals surface area contributed by atoms with Gasteiger partial charge in [-0.15, -0.1) is 0 Å². The minimum absolute atomic E-state index is 0.0708. The lowest BCUT2D eigenvalue weighted by molar-refractivity contribution is -0.120. The third-order valence-corrected chi connectivity index (χ3v) is 4.43. The van der Waals surface area contributed by atoms with Crippen LogP contribution >= 0.6 is 0 Å². The van der Waals surface area contributed by atoms with E-state index in [1.54, 1.807) is 26.9 Å². The van der Waals surface area contributed by atoms with Crippen molar-refractivity contribution in [3.05, 3.63) is 47.8 Å². The number of urea groups is 1. The van der Waals surface area contributed by atoms with Crippen molar-refractivity contribution in [3.8, 4) is 0 Å². The monoisotopic (exact) mass is 341 g/mol. The Kier molecular flexibility index (Phi) is 4.74. The summed E-state index contributed by atoms with van der Waals surface area (Å²) < 4.78 is 1.66. The van der Waals surface area contributed by atoms with E-state index < -0.39 is 0 Å². The summed E-state index contributed by atoms with van der Waals surface area (Å²) in [5, 5.41) is 7.05. The molecule has 1 aromatic carbocycles. The van der Waals surface area contributed by atoms with Crippen LogP contribution in [-0.2, 0) is 11.8 Å². The molecule has 1 aromatic heterocycles. The van der Waals surface area contributed by atoms with Gasteiger partial charge in [-0.3, -0.25) is 9.48 Å². The number of nitrogens with one attached hydrogen (secondary N) is 1. The number of aryl methyl sites for hydroxylation is 2. The number of piperazine rings is 1. The van der Waals surface area contributed by atoms with Gasteiger partial charge in [-0.1, -0.05) is 29.8 Å². The summed E-state index contributed by atoms with van der Waals surface area (Å²) in [6.07, 6.45) is 3.46. The fourth-order valence-electron chi connectivity index (χ4n) is 2.88. The van der Waals surface area contributed by atoms with Crippen molar-refractivity contribution in [2.75, 3.05) is 24.5 Å². The number of carbonyl (C=O) groups excluding carboxylic acids is 2. The predicted molar refractivity (Wildman–Crippen MR) is 95.3 cm³/mol. The minimum atomic E-state index is -0.215. The first-order valence-electron chi connectivity index (χ1n) is 8.35. The van der Waals surface area contributed by atoms with Gasteiger partial charge in [-0.25, -0.2) is 4.79 Å². The molecule has 1 aliphatic heterocycles. The van der Waals surface area contributed by atoms with Crippen molar-refractivity contribution in [2.24, 2.45) is 7.05 Å². The Morgan fingerprint density at radius 2 is 1.96 bits per heavy atom. The highest BCUT2D eigenvalue weighted by Gasteiger charge is 2.29. The first kappa shape index (κ1) is 17.0. The van der Waals surface area contributed by atoms with Crippen molar-refractivity contribution in [1.29, 1.82) is 0 Å². The summed E-state index contributed by atoms with van der Waals surface area (Å²) in [7, 11) is 1.81. The third kappa shape index (κ3) is 3.81. The fraction of sp³-hybridized carbons (Fsp3) is 0.389. The van der Waals surface area contributed by atoms with Gasteiger partial charge in [0.1, 0.15) is 6.54 Å². The lowest BCUT2D eigenvalue weighted by Crippen LogP contribution is -2.55. The summed E-state index contributed by atoms with van der Waals surface area (Å²) in [4.78, 5) is 28.1. The van der Waals surface area contributed by atoms with Crippen LogP contribution in [-0.4, -0.2) is 46.3 Å². The van der Waals surface area contributed by atoms with E-state index in [1.807, 2.05) is 45.2 Å². The van der Waals surface area contributed by atoms with Gasteiger partial charge in [-0.2, -0.15) is 5.10 Å². The highest BCUT2D eigenvalue weighted by molar-refractivity contribution is 5.97. The Labute approximate surface area is 147 Å². The molecule has 0 aliphatic carbocycles. The van der Waals surface area contributed by atoms with Crippen LogP contribution < -0.4 is 10.2 Å². The van der Waals surface area contributed by atoms with Gasteiger partial charge in [0.05, 0.1) is 17.9 Å². The minimum Gasteiger partial charge on any atom is -0.331 e. The number of hydrogen-bond acceptors (Lipinski definition) is 3. The molecule has 1 aliphatic rings. The maximum Gasteiger partial charge on any atom is 0.318 e. The van der Waals surface area contributed by atoms with Gasteiger partial charge in [-0.05, 0) is 19.4 Å². The highest BCUT2D eigenvalue weighted by atomic mass is 16.2. The zero-order valence-electron chi connectivity index (χ0n) is 14.8. The van der Waals surface area contributed by atoms with Gasteiger partial charge in [0.15, 0.2) is 0 Å². The highest BCUT2D eigenvalue weighted by Crippen LogP contribution is 2.17. The van der Waals surface area contributed by atoms with Crippen LogP contribution in [0.15, 0.2) is 36.7 Å². The van der Waals surface area contributed by atoms with Gasteiger partial charge in [0.2, 0.25) is 5.91 Å². The first-order chi connectivity index (χ1) is 11.9. The average molecular weight is 341 g/mol. The van der Waals surface area contributed by atoms with Crippen molar-refractivity contribution in [1.82, 2.24) is 20.0 Å². The summed E-state index contributed by atoms with van der Waals surface area (Å²) in [5.41, 5.74) is 2.99. The zero-order valence-corrected chi connectivity index (χ0v) is 14.8. The molecule has 3 rings (SSSR count). The number of anilines is 1. The van der Waals surface area contributed by atoms with E-state index in [9.17, 15) is 9.59 Å². The summed E-state index contributed by atoms with van der Waals surface area (Å²) >= 11 is 0. The van der Waals surface area contributed by atoms with E-state index in [-0.39, 0.29) is 24.5 Å². The molecular weight excluding hydrogens is 318 g/mol. The SMILES string of the molecule is Cc1ccc([C@@H](C)NC(=O)N2CCN(c3cnn(C)c3)C(=O)C2)cc1. The van der Waals surface area contributed by atoms with E-state index in [2.05, 4.69) is 10.4 Å². The predicted octanol–water partition coefficient (Wildman–Crippen LogP) is 1.85. The Bertz CT molecular complexity index is 768. The molecule has 1 fully saturated rings. The van der Waals surface area contributed by atoms with Crippen LogP contribution in [0.4, 0.5) is 10.5 Å². The van der Waals surface area contributed by atoms with Crippen LogP contribution in [0.5, 0.6) is 0 Å².